The number of hydrogen-bond donors (Lipinski definition) is 1. The molecule has 0 saturated heterocycles. The van der Waals surface area contributed by atoms with E-state index in [1.54, 1.807) is 0 Å². The molecule has 0 unspecified atom stereocenters. The number of ether oxygens (including phenoxy) is 2. The molecule has 0 radical (unpaired) electrons. The maximum absolute atomic E-state index is 12.3. The summed E-state index contributed by atoms with van der Waals surface area (Å²) in [7, 11) is 0. The maximum Gasteiger partial charge on any atom is 0.318 e. The fraction of sp³-hybridized carbons (Fsp3) is 0.438. The van der Waals surface area contributed by atoms with E-state index in [0.29, 0.717) is 19.0 Å². The van der Waals surface area contributed by atoms with Gasteiger partial charge in [-0.3, -0.25) is 0 Å². The number of nitrogens with one attached hydrogen (secondary N) is 1. The molecule has 2 aliphatic rings. The monoisotopic (exact) mass is 288 g/mol. The Bertz CT molecular complexity index is 569. The van der Waals surface area contributed by atoms with Crippen molar-refractivity contribution in [3.63, 3.8) is 0 Å². The van der Waals surface area contributed by atoms with Gasteiger partial charge in [-0.25, -0.2) is 4.79 Å². The van der Waals surface area contributed by atoms with Gasteiger partial charge in [0.1, 0.15) is 0 Å². The number of carbonyl (C=O) groups is 1. The van der Waals surface area contributed by atoms with E-state index in [9.17, 15) is 4.79 Å². The highest BCUT2D eigenvalue weighted by Crippen LogP contribution is 2.32. The highest BCUT2D eigenvalue weighted by Gasteiger charge is 2.26. The summed E-state index contributed by atoms with van der Waals surface area (Å²) in [4.78, 5) is 14.1. The Labute approximate surface area is 124 Å². The van der Waals surface area contributed by atoms with Gasteiger partial charge in [0.2, 0.25) is 6.79 Å². The fourth-order valence-electron chi connectivity index (χ4n) is 2.67. The zero-order valence-electron chi connectivity index (χ0n) is 12.3. The van der Waals surface area contributed by atoms with Gasteiger partial charge in [-0.15, -0.1) is 0 Å². The molecule has 0 aliphatic carbocycles. The highest BCUT2D eigenvalue weighted by molar-refractivity contribution is 5.75. The Morgan fingerprint density at radius 2 is 2.19 bits per heavy atom. The molecule has 21 heavy (non-hydrogen) atoms. The van der Waals surface area contributed by atoms with Crippen molar-refractivity contribution < 1.29 is 14.3 Å². The lowest BCUT2D eigenvalue weighted by molar-refractivity contribution is 0.174. The number of urea groups is 1. The lowest BCUT2D eigenvalue weighted by atomic mass is 10.1. The summed E-state index contributed by atoms with van der Waals surface area (Å²) in [6.07, 6.45) is 4.15. The summed E-state index contributed by atoms with van der Waals surface area (Å²) < 4.78 is 10.6. The zero-order chi connectivity index (χ0) is 14.8. The highest BCUT2D eigenvalue weighted by atomic mass is 16.7. The first-order valence-corrected chi connectivity index (χ1v) is 7.25. The zero-order valence-corrected chi connectivity index (χ0v) is 12.3. The van der Waals surface area contributed by atoms with Crippen LogP contribution in [-0.4, -0.2) is 30.3 Å². The van der Waals surface area contributed by atoms with Crippen LogP contribution in [0, 0.1) is 5.92 Å². The van der Waals surface area contributed by atoms with Crippen molar-refractivity contribution in [1.29, 1.82) is 0 Å². The van der Waals surface area contributed by atoms with Crippen LogP contribution >= 0.6 is 0 Å². The molecule has 5 heteroatoms. The Morgan fingerprint density at radius 3 is 3.00 bits per heavy atom. The third-order valence-electron chi connectivity index (χ3n) is 3.82. The molecule has 1 atom stereocenters. The van der Waals surface area contributed by atoms with E-state index in [2.05, 4.69) is 25.2 Å². The molecule has 3 rings (SSSR count). The normalized spacial score (nSPS) is 19.4. The van der Waals surface area contributed by atoms with Crippen LogP contribution in [0.15, 0.2) is 30.4 Å². The first-order valence-electron chi connectivity index (χ1n) is 7.25. The van der Waals surface area contributed by atoms with Crippen molar-refractivity contribution in [2.75, 3.05) is 13.3 Å². The van der Waals surface area contributed by atoms with E-state index in [0.717, 1.165) is 17.1 Å². The molecule has 0 fully saturated rings. The average Bonchev–Trinajstić information content (AvgIpc) is 3.12. The minimum Gasteiger partial charge on any atom is -0.454 e. The van der Waals surface area contributed by atoms with E-state index in [-0.39, 0.29) is 18.9 Å². The van der Waals surface area contributed by atoms with Gasteiger partial charge < -0.3 is 19.7 Å². The van der Waals surface area contributed by atoms with E-state index in [1.165, 1.54) is 0 Å². The summed E-state index contributed by atoms with van der Waals surface area (Å²) in [5.74, 6) is 1.92. The van der Waals surface area contributed by atoms with Crippen molar-refractivity contribution in [1.82, 2.24) is 10.2 Å². The van der Waals surface area contributed by atoms with Crippen LogP contribution in [0.25, 0.3) is 0 Å². The Kier molecular flexibility index (Phi) is 3.73. The van der Waals surface area contributed by atoms with Gasteiger partial charge >= 0.3 is 6.03 Å². The van der Waals surface area contributed by atoms with Crippen molar-refractivity contribution in [3.05, 3.63) is 35.9 Å². The predicted octanol–water partition coefficient (Wildman–Crippen LogP) is 2.52. The van der Waals surface area contributed by atoms with Gasteiger partial charge in [-0.1, -0.05) is 32.1 Å². The van der Waals surface area contributed by atoms with Gasteiger partial charge in [0.05, 0.1) is 6.04 Å². The molecular formula is C16H20N2O3. The molecule has 1 aromatic carbocycles. The molecule has 0 spiro atoms. The second-order valence-electron chi connectivity index (χ2n) is 5.66. The molecular weight excluding hydrogens is 268 g/mol. The Hall–Kier alpha value is -2.17. The van der Waals surface area contributed by atoms with Crippen LogP contribution in [0.2, 0.25) is 0 Å². The lowest BCUT2D eigenvalue weighted by Gasteiger charge is -2.27. The molecule has 2 amide bonds. The molecule has 0 bridgehead atoms. The van der Waals surface area contributed by atoms with Gasteiger partial charge in [-0.2, -0.15) is 0 Å². The van der Waals surface area contributed by atoms with Gasteiger partial charge in [0.25, 0.3) is 0 Å². The van der Waals surface area contributed by atoms with E-state index in [1.807, 2.05) is 29.2 Å². The average molecular weight is 288 g/mol. The minimum absolute atomic E-state index is 0.0311. The van der Waals surface area contributed by atoms with E-state index >= 15 is 0 Å². The van der Waals surface area contributed by atoms with Crippen molar-refractivity contribution in [3.8, 4) is 11.5 Å². The fourth-order valence-corrected chi connectivity index (χ4v) is 2.67. The minimum atomic E-state index is -0.0311. The smallest absolute Gasteiger partial charge is 0.318 e. The molecule has 0 aromatic heterocycles. The number of fused-ring (bicyclic) bond motifs is 1. The Balaban J connectivity index is 1.59. The second-order valence-corrected chi connectivity index (χ2v) is 5.66. The summed E-state index contributed by atoms with van der Waals surface area (Å²) in [6.45, 7) is 5.67. The van der Waals surface area contributed by atoms with Crippen LogP contribution in [0.1, 0.15) is 19.4 Å². The number of nitrogens with zero attached hydrogens (tertiary/aromatic N) is 1. The van der Waals surface area contributed by atoms with Gasteiger partial charge in [-0.05, 0) is 23.6 Å². The molecule has 1 aromatic rings. The number of rotatable bonds is 3. The van der Waals surface area contributed by atoms with E-state index < -0.39 is 0 Å². The summed E-state index contributed by atoms with van der Waals surface area (Å²) in [6, 6.07) is 5.87. The third kappa shape index (κ3) is 2.82. The molecule has 112 valence electrons. The van der Waals surface area contributed by atoms with Crippen molar-refractivity contribution in [2.45, 2.75) is 26.4 Å². The summed E-state index contributed by atoms with van der Waals surface area (Å²) in [5.41, 5.74) is 1.00. The predicted molar refractivity (Wildman–Crippen MR) is 79.3 cm³/mol. The lowest BCUT2D eigenvalue weighted by Crippen LogP contribution is -2.44. The standard InChI is InChI=1S/C16H20N2O3/c1-11(2)13-4-3-7-18(13)16(19)17-9-12-5-6-14-15(8-12)21-10-20-14/h3-6,8,11,13H,7,9-10H2,1-2H3,(H,17,19)/t13-/m1/s1. The summed E-state index contributed by atoms with van der Waals surface area (Å²) in [5, 5.41) is 2.97. The number of hydrogen-bond acceptors (Lipinski definition) is 3. The van der Waals surface area contributed by atoms with E-state index in [4.69, 9.17) is 9.47 Å². The van der Waals surface area contributed by atoms with Gasteiger partial charge in [0.15, 0.2) is 11.5 Å². The first kappa shape index (κ1) is 13.8. The molecule has 2 aliphatic heterocycles. The van der Waals surface area contributed by atoms with Crippen LogP contribution < -0.4 is 14.8 Å². The topological polar surface area (TPSA) is 50.8 Å². The second kappa shape index (κ2) is 5.68. The Morgan fingerprint density at radius 1 is 1.38 bits per heavy atom. The number of amides is 2. The van der Waals surface area contributed by atoms with Crippen molar-refractivity contribution >= 4 is 6.03 Å². The third-order valence-corrected chi connectivity index (χ3v) is 3.82. The number of carbonyl (C=O) groups excluding carboxylic acids is 1. The largest absolute Gasteiger partial charge is 0.454 e. The quantitative estimate of drug-likeness (QED) is 0.870. The van der Waals surface area contributed by atoms with Crippen LogP contribution in [0.5, 0.6) is 11.5 Å². The van der Waals surface area contributed by atoms with Crippen LogP contribution in [0.4, 0.5) is 4.79 Å². The maximum atomic E-state index is 12.3. The SMILES string of the molecule is CC(C)[C@H]1C=CCN1C(=O)NCc1ccc2c(c1)OCO2. The molecule has 1 N–H and O–H groups in total. The van der Waals surface area contributed by atoms with Crippen molar-refractivity contribution in [2.24, 2.45) is 5.92 Å². The molecule has 5 nitrogen and oxygen atoms in total. The first-order chi connectivity index (χ1) is 10.1. The molecule has 0 saturated carbocycles. The number of benzene rings is 1. The summed E-state index contributed by atoms with van der Waals surface area (Å²) >= 11 is 0. The molecule has 2 heterocycles. The van der Waals surface area contributed by atoms with Crippen LogP contribution in [0.3, 0.4) is 0 Å². The van der Waals surface area contributed by atoms with Gasteiger partial charge in [0, 0.05) is 13.1 Å². The van der Waals surface area contributed by atoms with Crippen LogP contribution in [-0.2, 0) is 6.54 Å².